The predicted octanol–water partition coefficient (Wildman–Crippen LogP) is -1.43. The number of fused-ring (bicyclic) bond motifs is 1. The monoisotopic (exact) mass is 460 g/mol. The Kier molecular flexibility index (Phi) is 8.64. The Morgan fingerprint density at radius 2 is 1.84 bits per heavy atom. The van der Waals surface area contributed by atoms with E-state index in [-0.39, 0.29) is 12.2 Å². The fourth-order valence-corrected chi connectivity index (χ4v) is 4.21. The number of carbonyl (C=O) groups is 1. The largest absolute Gasteiger partial charge is 0.471 e. The van der Waals surface area contributed by atoms with Crippen LogP contribution >= 0.6 is 0 Å². The van der Waals surface area contributed by atoms with Crippen molar-refractivity contribution in [1.29, 1.82) is 0 Å². The molecule has 9 atom stereocenters. The summed E-state index contributed by atoms with van der Waals surface area (Å²) in [4.78, 5) is 12.2. The average molecular weight is 460 g/mol. The molecule has 0 aromatic rings. The van der Waals surface area contributed by atoms with Gasteiger partial charge >= 0.3 is 5.97 Å². The molecule has 0 spiro atoms. The zero-order valence-electron chi connectivity index (χ0n) is 18.1. The standard InChI is InChI=1S/C21H32O11/c1-3-4-5-29-8-10-6-12(23)15-11(19(27)28-2)9-30-20(14(10)15)32-21-18(26)17(25)16(24)13(7-22)31-21/h6,9,12-18,20-26H,3-5,7-8H2,1-2H3/t12-,13+,14+,15-,16+,17-,18+,20-,21-/m0/s1. The summed E-state index contributed by atoms with van der Waals surface area (Å²) >= 11 is 0. The van der Waals surface area contributed by atoms with E-state index < -0.39 is 67.5 Å². The van der Waals surface area contributed by atoms with Crippen molar-refractivity contribution in [3.63, 3.8) is 0 Å². The summed E-state index contributed by atoms with van der Waals surface area (Å²) in [6.07, 6.45) is -4.98. The molecule has 0 saturated carbocycles. The third-order valence-corrected chi connectivity index (χ3v) is 6.00. The molecule has 32 heavy (non-hydrogen) atoms. The number of aliphatic hydroxyl groups excluding tert-OH is 5. The molecule has 0 aromatic heterocycles. The van der Waals surface area contributed by atoms with Crippen molar-refractivity contribution in [2.24, 2.45) is 11.8 Å². The Labute approximate surface area is 185 Å². The molecule has 1 saturated heterocycles. The van der Waals surface area contributed by atoms with Gasteiger partial charge in [0.2, 0.25) is 6.29 Å². The number of ether oxygens (including phenoxy) is 5. The normalized spacial score (nSPS) is 39.0. The third kappa shape index (κ3) is 5.00. The van der Waals surface area contributed by atoms with Crippen LogP contribution in [-0.4, -0.2) is 102 Å². The number of hydrogen-bond acceptors (Lipinski definition) is 11. The molecule has 0 unspecified atom stereocenters. The van der Waals surface area contributed by atoms with Gasteiger partial charge in [-0.15, -0.1) is 0 Å². The summed E-state index contributed by atoms with van der Waals surface area (Å²) in [5.74, 6) is -2.07. The highest BCUT2D eigenvalue weighted by molar-refractivity contribution is 5.89. The van der Waals surface area contributed by atoms with Gasteiger partial charge in [0.25, 0.3) is 0 Å². The van der Waals surface area contributed by atoms with Crippen molar-refractivity contribution < 1.29 is 54.0 Å². The van der Waals surface area contributed by atoms with Gasteiger partial charge in [-0.25, -0.2) is 4.79 Å². The van der Waals surface area contributed by atoms with Crippen LogP contribution < -0.4 is 0 Å². The minimum absolute atomic E-state index is 0.124. The van der Waals surface area contributed by atoms with E-state index in [9.17, 15) is 30.3 Å². The van der Waals surface area contributed by atoms with Gasteiger partial charge in [-0.3, -0.25) is 0 Å². The highest BCUT2D eigenvalue weighted by Crippen LogP contribution is 2.44. The number of aliphatic hydroxyl groups is 5. The summed E-state index contributed by atoms with van der Waals surface area (Å²) in [6.45, 7) is 2.11. The van der Waals surface area contributed by atoms with Gasteiger partial charge in [0.05, 0.1) is 44.2 Å². The van der Waals surface area contributed by atoms with Crippen LogP contribution in [0.5, 0.6) is 0 Å². The first-order valence-electron chi connectivity index (χ1n) is 10.7. The van der Waals surface area contributed by atoms with E-state index in [2.05, 4.69) is 0 Å². The van der Waals surface area contributed by atoms with Crippen LogP contribution in [0, 0.1) is 11.8 Å². The lowest BCUT2D eigenvalue weighted by atomic mass is 9.82. The number of carbonyl (C=O) groups excluding carboxylic acids is 1. The molecular weight excluding hydrogens is 428 g/mol. The fourth-order valence-electron chi connectivity index (χ4n) is 4.21. The number of hydrogen-bond donors (Lipinski definition) is 5. The summed E-state index contributed by atoms with van der Waals surface area (Å²) in [6, 6.07) is 0. The van der Waals surface area contributed by atoms with Gasteiger partial charge in [-0.05, 0) is 12.0 Å². The van der Waals surface area contributed by atoms with Gasteiger partial charge < -0.3 is 49.2 Å². The Hall–Kier alpha value is -1.57. The SMILES string of the molecule is CCCCOCC1=C[C@H](O)[C@@H]2C(C(=O)OC)=CO[C@@H](O[C@@H]3O[C@H](CO)[C@@H](O)[C@H](O)[C@H]3O)[C@H]12. The van der Waals surface area contributed by atoms with Gasteiger partial charge in [0.15, 0.2) is 6.29 Å². The zero-order valence-corrected chi connectivity index (χ0v) is 18.1. The highest BCUT2D eigenvalue weighted by Gasteiger charge is 2.52. The molecule has 5 N–H and O–H groups in total. The Morgan fingerprint density at radius 1 is 1.09 bits per heavy atom. The van der Waals surface area contributed by atoms with Crippen molar-refractivity contribution >= 4 is 5.97 Å². The quantitative estimate of drug-likeness (QED) is 0.156. The summed E-state index contributed by atoms with van der Waals surface area (Å²) in [5, 5.41) is 50.4. The minimum atomic E-state index is -1.62. The first-order chi connectivity index (χ1) is 15.3. The molecule has 0 bridgehead atoms. The van der Waals surface area contributed by atoms with Crippen molar-refractivity contribution in [3.05, 3.63) is 23.5 Å². The van der Waals surface area contributed by atoms with Gasteiger partial charge in [-0.1, -0.05) is 19.4 Å². The molecule has 1 fully saturated rings. The predicted molar refractivity (Wildman–Crippen MR) is 107 cm³/mol. The van der Waals surface area contributed by atoms with Crippen molar-refractivity contribution in [2.75, 3.05) is 26.9 Å². The van der Waals surface area contributed by atoms with Crippen LogP contribution in [0.25, 0.3) is 0 Å². The van der Waals surface area contributed by atoms with E-state index in [1.807, 2.05) is 6.92 Å². The number of rotatable bonds is 9. The summed E-state index contributed by atoms with van der Waals surface area (Å²) in [7, 11) is 1.22. The van der Waals surface area contributed by atoms with Gasteiger partial charge in [0.1, 0.15) is 24.4 Å². The molecular formula is C21H32O11. The van der Waals surface area contributed by atoms with Gasteiger partial charge in [0, 0.05) is 12.5 Å². The molecule has 0 aromatic carbocycles. The molecule has 2 aliphatic heterocycles. The van der Waals surface area contributed by atoms with Crippen LogP contribution in [0.3, 0.4) is 0 Å². The fraction of sp³-hybridized carbons (Fsp3) is 0.762. The molecule has 0 amide bonds. The molecule has 0 radical (unpaired) electrons. The maximum atomic E-state index is 12.2. The van der Waals surface area contributed by atoms with Crippen LogP contribution in [0.4, 0.5) is 0 Å². The molecule has 11 heteroatoms. The lowest BCUT2D eigenvalue weighted by Gasteiger charge is -2.43. The maximum absolute atomic E-state index is 12.2. The second kappa shape index (κ2) is 11.0. The smallest absolute Gasteiger partial charge is 0.337 e. The second-order valence-electron chi connectivity index (χ2n) is 8.09. The lowest BCUT2D eigenvalue weighted by Crippen LogP contribution is -2.60. The summed E-state index contributed by atoms with van der Waals surface area (Å²) in [5.41, 5.74) is 0.765. The van der Waals surface area contributed by atoms with Crippen molar-refractivity contribution in [3.8, 4) is 0 Å². The molecule has 3 aliphatic rings. The van der Waals surface area contributed by atoms with E-state index in [0.29, 0.717) is 12.2 Å². The second-order valence-corrected chi connectivity index (χ2v) is 8.09. The first-order valence-corrected chi connectivity index (χ1v) is 10.7. The minimum Gasteiger partial charge on any atom is -0.471 e. The molecule has 11 nitrogen and oxygen atoms in total. The molecule has 1 aliphatic carbocycles. The topological polar surface area (TPSA) is 164 Å². The molecule has 2 heterocycles. The van der Waals surface area contributed by atoms with Crippen molar-refractivity contribution in [1.82, 2.24) is 0 Å². The highest BCUT2D eigenvalue weighted by atomic mass is 16.8. The van der Waals surface area contributed by atoms with Crippen LogP contribution in [0.15, 0.2) is 23.5 Å². The van der Waals surface area contributed by atoms with Gasteiger partial charge in [-0.2, -0.15) is 0 Å². The third-order valence-electron chi connectivity index (χ3n) is 6.00. The summed E-state index contributed by atoms with van der Waals surface area (Å²) < 4.78 is 27.3. The number of esters is 1. The maximum Gasteiger partial charge on any atom is 0.337 e. The van der Waals surface area contributed by atoms with E-state index in [0.717, 1.165) is 19.1 Å². The molecule has 182 valence electrons. The van der Waals surface area contributed by atoms with E-state index >= 15 is 0 Å². The zero-order chi connectivity index (χ0) is 23.4. The Bertz CT molecular complexity index is 706. The first kappa shape index (κ1) is 25.1. The van der Waals surface area contributed by atoms with E-state index in [1.54, 1.807) is 6.08 Å². The number of unbranched alkanes of at least 4 members (excludes halogenated alkanes) is 1. The Morgan fingerprint density at radius 3 is 2.50 bits per heavy atom. The van der Waals surface area contributed by atoms with Crippen LogP contribution in [-0.2, 0) is 28.5 Å². The number of methoxy groups -OCH3 is 1. The Balaban J connectivity index is 1.82. The molecule has 3 rings (SSSR count). The van der Waals surface area contributed by atoms with Crippen molar-refractivity contribution in [2.45, 2.75) is 62.9 Å². The lowest BCUT2D eigenvalue weighted by molar-refractivity contribution is -0.340. The van der Waals surface area contributed by atoms with Crippen LogP contribution in [0.2, 0.25) is 0 Å². The van der Waals surface area contributed by atoms with E-state index in [4.69, 9.17) is 23.7 Å². The van der Waals surface area contributed by atoms with Crippen LogP contribution in [0.1, 0.15) is 19.8 Å². The average Bonchev–Trinajstić information content (AvgIpc) is 3.13. The van der Waals surface area contributed by atoms with E-state index in [1.165, 1.54) is 7.11 Å².